The summed E-state index contributed by atoms with van der Waals surface area (Å²) in [6, 6.07) is 0. The molecular weight excluding hydrogens is 664 g/mol. The second-order valence-corrected chi connectivity index (χ2v) is 13.9. The predicted octanol–water partition coefficient (Wildman–Crippen LogP) is 8.68. The number of ether oxygens (including phenoxy) is 2. The number of aliphatic hydroxyl groups excluding tert-OH is 5. The van der Waals surface area contributed by atoms with Crippen LogP contribution in [0.1, 0.15) is 194 Å². The van der Waals surface area contributed by atoms with E-state index in [9.17, 15) is 14.4 Å². The number of esters is 2. The molecule has 0 aromatic carbocycles. The standard InChI is InChI=1S/C36H66O4.C6H12O6/c1-3-5-7-9-11-13-15-17-19-21-23-25-27-29-33-39-35(37)31-32-36(38)40-34-30-28-26-24-22-20-18-16-14-12-10-8-6-4-2;7-1-3(9)5(11)6(12)4(10)2-8/h29-30,33-34H,3-28,31-32H2,1-2H3;1,3-6,8-12H,2H2/t;3-,4+,5+,6+/m.0/s1. The lowest BCUT2D eigenvalue weighted by atomic mass is 10.0. The number of rotatable bonds is 36. The summed E-state index contributed by atoms with van der Waals surface area (Å²) in [4.78, 5) is 33.5. The predicted molar refractivity (Wildman–Crippen MR) is 208 cm³/mol. The highest BCUT2D eigenvalue weighted by atomic mass is 16.5. The number of carbonyl (C=O) groups excluding carboxylic acids is 3. The molecule has 5 N–H and O–H groups in total. The Hall–Kier alpha value is -2.11. The van der Waals surface area contributed by atoms with Crippen LogP contribution >= 0.6 is 0 Å². The highest BCUT2D eigenvalue weighted by molar-refractivity contribution is 5.78. The van der Waals surface area contributed by atoms with Gasteiger partial charge in [0, 0.05) is 0 Å². The van der Waals surface area contributed by atoms with Crippen LogP contribution in [0.4, 0.5) is 0 Å². The van der Waals surface area contributed by atoms with E-state index in [0.29, 0.717) is 0 Å². The van der Waals surface area contributed by atoms with Crippen LogP contribution in [0.15, 0.2) is 24.7 Å². The van der Waals surface area contributed by atoms with Gasteiger partial charge in [-0.2, -0.15) is 0 Å². The van der Waals surface area contributed by atoms with E-state index in [4.69, 9.17) is 35.0 Å². The largest absolute Gasteiger partial charge is 0.435 e. The van der Waals surface area contributed by atoms with Crippen molar-refractivity contribution >= 4 is 18.2 Å². The number of hydrogen-bond donors (Lipinski definition) is 5. The van der Waals surface area contributed by atoms with E-state index < -0.39 is 31.0 Å². The molecule has 0 aliphatic rings. The van der Waals surface area contributed by atoms with Gasteiger partial charge in [-0.3, -0.25) is 9.59 Å². The summed E-state index contributed by atoms with van der Waals surface area (Å²) in [5.74, 6) is -0.772. The van der Waals surface area contributed by atoms with Crippen LogP contribution in [-0.2, 0) is 23.9 Å². The van der Waals surface area contributed by atoms with Crippen LogP contribution in [-0.4, -0.2) is 74.8 Å². The summed E-state index contributed by atoms with van der Waals surface area (Å²) < 4.78 is 10.2. The van der Waals surface area contributed by atoms with E-state index in [0.717, 1.165) is 25.7 Å². The lowest BCUT2D eigenvalue weighted by Gasteiger charge is -2.22. The average Bonchev–Trinajstić information content (AvgIpc) is 3.15. The minimum atomic E-state index is -1.79. The lowest BCUT2D eigenvalue weighted by Crippen LogP contribution is -2.46. The summed E-state index contributed by atoms with van der Waals surface area (Å²) in [5, 5.41) is 43.5. The molecule has 306 valence electrons. The maximum absolute atomic E-state index is 11.8. The third kappa shape index (κ3) is 37.6. The van der Waals surface area contributed by atoms with Gasteiger partial charge in [0.05, 0.1) is 32.0 Å². The summed E-state index contributed by atoms with van der Waals surface area (Å²) >= 11 is 0. The Kier molecular flexibility index (Phi) is 41.6. The molecule has 0 aliphatic heterocycles. The van der Waals surface area contributed by atoms with Crippen LogP contribution in [0.3, 0.4) is 0 Å². The van der Waals surface area contributed by atoms with Crippen LogP contribution in [0.25, 0.3) is 0 Å². The summed E-state index contributed by atoms with van der Waals surface area (Å²) in [7, 11) is 0. The zero-order valence-corrected chi connectivity index (χ0v) is 33.0. The molecule has 10 heteroatoms. The first-order valence-corrected chi connectivity index (χ1v) is 20.7. The molecule has 0 unspecified atom stereocenters. The van der Waals surface area contributed by atoms with Gasteiger partial charge in [-0.1, -0.05) is 155 Å². The first-order chi connectivity index (χ1) is 25.2. The van der Waals surface area contributed by atoms with E-state index >= 15 is 0 Å². The van der Waals surface area contributed by atoms with Crippen molar-refractivity contribution in [2.24, 2.45) is 0 Å². The average molecular weight is 743 g/mol. The SMILES string of the molecule is CCCCCCCCCCCCCCC=COC(=O)CCC(=O)OC=CCCCCCCCCCCCCCC.O=C[C@H](O)[C@@H](O)[C@H](O)[C@H](O)CO. The molecule has 0 spiro atoms. The zero-order valence-electron chi connectivity index (χ0n) is 33.0. The number of aliphatic hydroxyl groups is 5. The number of allylic oxidation sites excluding steroid dienone is 2. The van der Waals surface area contributed by atoms with Gasteiger partial charge in [-0.25, -0.2) is 0 Å². The Bertz CT molecular complexity index is 795. The van der Waals surface area contributed by atoms with Gasteiger partial charge in [0.25, 0.3) is 0 Å². The van der Waals surface area contributed by atoms with Crippen LogP contribution in [0.5, 0.6) is 0 Å². The van der Waals surface area contributed by atoms with Crippen molar-refractivity contribution in [2.45, 2.75) is 218 Å². The topological polar surface area (TPSA) is 171 Å². The first kappa shape index (κ1) is 52.0. The highest BCUT2D eigenvalue weighted by Crippen LogP contribution is 2.14. The Morgan fingerprint density at radius 3 is 1.10 bits per heavy atom. The number of aldehydes is 1. The van der Waals surface area contributed by atoms with Crippen molar-refractivity contribution in [3.63, 3.8) is 0 Å². The maximum Gasteiger partial charge on any atom is 0.311 e. The molecule has 0 saturated carbocycles. The van der Waals surface area contributed by atoms with Gasteiger partial charge in [-0.15, -0.1) is 0 Å². The van der Waals surface area contributed by atoms with E-state index in [1.807, 2.05) is 12.2 Å². The second kappa shape index (κ2) is 41.6. The van der Waals surface area contributed by atoms with Gasteiger partial charge in [-0.05, 0) is 37.8 Å². The van der Waals surface area contributed by atoms with Crippen molar-refractivity contribution in [1.29, 1.82) is 0 Å². The molecule has 0 fully saturated rings. The van der Waals surface area contributed by atoms with Gasteiger partial charge >= 0.3 is 11.9 Å². The van der Waals surface area contributed by atoms with Gasteiger partial charge < -0.3 is 39.8 Å². The van der Waals surface area contributed by atoms with Gasteiger partial charge in [0.2, 0.25) is 0 Å². The van der Waals surface area contributed by atoms with E-state index in [2.05, 4.69) is 13.8 Å². The van der Waals surface area contributed by atoms with Crippen molar-refractivity contribution in [3.05, 3.63) is 24.7 Å². The minimum absolute atomic E-state index is 0.0258. The molecule has 0 saturated heterocycles. The van der Waals surface area contributed by atoms with Crippen molar-refractivity contribution in [3.8, 4) is 0 Å². The summed E-state index contributed by atoms with van der Waals surface area (Å²) in [6.07, 6.45) is 34.0. The van der Waals surface area contributed by atoms with E-state index in [-0.39, 0.29) is 31.1 Å². The molecule has 0 rings (SSSR count). The first-order valence-electron chi connectivity index (χ1n) is 20.7. The number of carbonyl (C=O) groups is 3. The van der Waals surface area contributed by atoms with Crippen LogP contribution < -0.4 is 0 Å². The van der Waals surface area contributed by atoms with Crippen LogP contribution in [0.2, 0.25) is 0 Å². The molecule has 0 bridgehead atoms. The Labute approximate surface area is 316 Å². The third-order valence-corrected chi connectivity index (χ3v) is 8.99. The van der Waals surface area contributed by atoms with Crippen molar-refractivity contribution in [2.75, 3.05) is 6.61 Å². The van der Waals surface area contributed by atoms with Gasteiger partial charge in [0.15, 0.2) is 6.29 Å². The van der Waals surface area contributed by atoms with Crippen molar-refractivity contribution < 1.29 is 49.4 Å². The normalized spacial score (nSPS) is 13.8. The number of hydrogen-bond acceptors (Lipinski definition) is 10. The zero-order chi connectivity index (χ0) is 38.9. The second-order valence-electron chi connectivity index (χ2n) is 13.9. The molecule has 0 aromatic heterocycles. The minimum Gasteiger partial charge on any atom is -0.435 e. The summed E-state index contributed by atoms with van der Waals surface area (Å²) in [5.41, 5.74) is 0. The maximum atomic E-state index is 11.8. The highest BCUT2D eigenvalue weighted by Gasteiger charge is 2.29. The molecule has 52 heavy (non-hydrogen) atoms. The number of unbranched alkanes of at least 4 members (excludes halogenated alkanes) is 24. The Morgan fingerprint density at radius 1 is 0.500 bits per heavy atom. The molecule has 4 atom stereocenters. The lowest BCUT2D eigenvalue weighted by molar-refractivity contribution is -0.144. The molecule has 0 heterocycles. The van der Waals surface area contributed by atoms with E-state index in [1.54, 1.807) is 0 Å². The smallest absolute Gasteiger partial charge is 0.311 e. The Morgan fingerprint density at radius 2 is 0.808 bits per heavy atom. The van der Waals surface area contributed by atoms with Gasteiger partial charge in [0.1, 0.15) is 24.4 Å². The molecule has 0 radical (unpaired) electrons. The molecular formula is C42H78O10. The Balaban J connectivity index is 0. The third-order valence-electron chi connectivity index (χ3n) is 8.99. The molecule has 0 aromatic rings. The summed E-state index contributed by atoms with van der Waals surface area (Å²) in [6.45, 7) is 3.77. The quantitative estimate of drug-likeness (QED) is 0.0181. The fourth-order valence-electron chi connectivity index (χ4n) is 5.53. The molecule has 10 nitrogen and oxygen atoms in total. The fourth-order valence-corrected chi connectivity index (χ4v) is 5.53. The van der Waals surface area contributed by atoms with Crippen molar-refractivity contribution in [1.82, 2.24) is 0 Å². The molecule has 0 aliphatic carbocycles. The fraction of sp³-hybridized carbons (Fsp3) is 0.833. The monoisotopic (exact) mass is 743 g/mol. The van der Waals surface area contributed by atoms with E-state index in [1.165, 1.54) is 154 Å². The van der Waals surface area contributed by atoms with Crippen LogP contribution in [0, 0.1) is 0 Å². The molecule has 0 amide bonds.